The molecule has 2 aliphatic rings. The minimum atomic E-state index is -3.32. The summed E-state index contributed by atoms with van der Waals surface area (Å²) in [5.74, 6) is 0.572. The third-order valence-corrected chi connectivity index (χ3v) is 8.95. The molecular formula is C27H27FN4O3S. The number of halogens is 1. The molecule has 1 saturated heterocycles. The van der Waals surface area contributed by atoms with Crippen molar-refractivity contribution < 1.29 is 17.5 Å². The number of aromatic nitrogens is 3. The Hall–Kier alpha value is -3.30. The van der Waals surface area contributed by atoms with Gasteiger partial charge in [0.2, 0.25) is 10.0 Å². The van der Waals surface area contributed by atoms with Crippen LogP contribution in [0.15, 0.2) is 67.1 Å². The van der Waals surface area contributed by atoms with Crippen LogP contribution in [-0.4, -0.2) is 52.9 Å². The SMILES string of the molecule is Cc1cc2c(cnn2-c2ccc(F)cc2)cc1C12CC(Oc3cccnc3)CC1CN(S(C)(=O)=O)C2. The lowest BCUT2D eigenvalue weighted by molar-refractivity contribution is 0.191. The summed E-state index contributed by atoms with van der Waals surface area (Å²) in [6.45, 7) is 2.99. The maximum atomic E-state index is 13.5. The average molecular weight is 507 g/mol. The van der Waals surface area contributed by atoms with Gasteiger partial charge in [-0.25, -0.2) is 21.8 Å². The molecular weight excluding hydrogens is 479 g/mol. The molecule has 1 saturated carbocycles. The molecule has 9 heteroatoms. The smallest absolute Gasteiger partial charge is 0.211 e. The molecule has 1 aliphatic heterocycles. The molecule has 2 aromatic carbocycles. The van der Waals surface area contributed by atoms with Gasteiger partial charge in [0.05, 0.1) is 29.9 Å². The van der Waals surface area contributed by atoms with Gasteiger partial charge in [-0.3, -0.25) is 4.98 Å². The predicted molar refractivity (Wildman–Crippen MR) is 135 cm³/mol. The van der Waals surface area contributed by atoms with E-state index in [9.17, 15) is 12.8 Å². The largest absolute Gasteiger partial charge is 0.489 e. The zero-order chi connectivity index (χ0) is 25.1. The number of fused-ring (bicyclic) bond motifs is 2. The van der Waals surface area contributed by atoms with Crippen LogP contribution in [0.5, 0.6) is 5.75 Å². The third kappa shape index (κ3) is 3.87. The first-order valence-corrected chi connectivity index (χ1v) is 13.8. The molecule has 3 heterocycles. The van der Waals surface area contributed by atoms with Gasteiger partial charge in [0, 0.05) is 30.1 Å². The Kier molecular flexibility index (Phi) is 5.38. The Morgan fingerprint density at radius 2 is 1.94 bits per heavy atom. The fourth-order valence-electron chi connectivity index (χ4n) is 6.14. The van der Waals surface area contributed by atoms with Gasteiger partial charge < -0.3 is 4.74 Å². The quantitative estimate of drug-likeness (QED) is 0.405. The number of ether oxygens (including phenoxy) is 1. The Morgan fingerprint density at radius 3 is 2.67 bits per heavy atom. The van der Waals surface area contributed by atoms with Crippen LogP contribution in [0, 0.1) is 18.7 Å². The number of pyridine rings is 1. The molecule has 3 atom stereocenters. The second-order valence-electron chi connectivity index (χ2n) is 10.0. The van der Waals surface area contributed by atoms with E-state index in [4.69, 9.17) is 4.74 Å². The molecule has 2 fully saturated rings. The summed E-state index contributed by atoms with van der Waals surface area (Å²) in [5, 5.41) is 5.53. The van der Waals surface area contributed by atoms with E-state index in [1.54, 1.807) is 33.5 Å². The summed E-state index contributed by atoms with van der Waals surface area (Å²) in [7, 11) is -3.32. The van der Waals surface area contributed by atoms with Crippen LogP contribution in [0.4, 0.5) is 4.39 Å². The van der Waals surface area contributed by atoms with Crippen molar-refractivity contribution in [2.45, 2.75) is 31.3 Å². The molecule has 4 aromatic rings. The lowest BCUT2D eigenvalue weighted by atomic mass is 9.72. The van der Waals surface area contributed by atoms with E-state index in [0.29, 0.717) is 13.1 Å². The first kappa shape index (κ1) is 23.1. The van der Waals surface area contributed by atoms with Crippen LogP contribution in [0.2, 0.25) is 0 Å². The van der Waals surface area contributed by atoms with Crippen LogP contribution in [0.25, 0.3) is 16.6 Å². The molecule has 0 N–H and O–H groups in total. The van der Waals surface area contributed by atoms with E-state index in [2.05, 4.69) is 29.1 Å². The summed E-state index contributed by atoms with van der Waals surface area (Å²) in [6.07, 6.45) is 7.99. The Balaban J connectivity index is 1.41. The summed E-state index contributed by atoms with van der Waals surface area (Å²) < 4.78 is 48.2. The lowest BCUT2D eigenvalue weighted by Gasteiger charge is -2.31. The van der Waals surface area contributed by atoms with Crippen LogP contribution in [0.3, 0.4) is 0 Å². The van der Waals surface area contributed by atoms with Crippen molar-refractivity contribution in [1.29, 1.82) is 0 Å². The highest BCUT2D eigenvalue weighted by Gasteiger charge is 2.56. The molecule has 7 nitrogen and oxygen atoms in total. The van der Waals surface area contributed by atoms with Gasteiger partial charge in [0.15, 0.2) is 0 Å². The number of aryl methyl sites for hydroxylation is 1. The van der Waals surface area contributed by atoms with E-state index in [1.807, 2.05) is 18.3 Å². The Morgan fingerprint density at radius 1 is 1.14 bits per heavy atom. The van der Waals surface area contributed by atoms with Crippen molar-refractivity contribution in [1.82, 2.24) is 19.1 Å². The van der Waals surface area contributed by atoms with Gasteiger partial charge in [-0.15, -0.1) is 0 Å². The van der Waals surface area contributed by atoms with Crippen molar-refractivity contribution in [3.8, 4) is 11.4 Å². The van der Waals surface area contributed by atoms with Crippen molar-refractivity contribution in [2.75, 3.05) is 19.3 Å². The summed E-state index contributed by atoms with van der Waals surface area (Å²) in [4.78, 5) is 4.16. The monoisotopic (exact) mass is 506 g/mol. The Bertz CT molecular complexity index is 1540. The highest BCUT2D eigenvalue weighted by molar-refractivity contribution is 7.88. The number of hydrogen-bond acceptors (Lipinski definition) is 5. The molecule has 0 amide bonds. The number of rotatable bonds is 5. The molecule has 0 bridgehead atoms. The minimum Gasteiger partial charge on any atom is -0.489 e. The van der Waals surface area contributed by atoms with Crippen LogP contribution in [-0.2, 0) is 15.4 Å². The number of benzene rings is 2. The Labute approximate surface area is 209 Å². The zero-order valence-electron chi connectivity index (χ0n) is 20.1. The predicted octanol–water partition coefficient (Wildman–Crippen LogP) is 4.24. The van der Waals surface area contributed by atoms with Gasteiger partial charge in [0.1, 0.15) is 17.7 Å². The molecule has 1 aliphatic carbocycles. The molecule has 3 unspecified atom stereocenters. The fraction of sp³-hybridized carbons (Fsp3) is 0.333. The second-order valence-corrected chi connectivity index (χ2v) is 12.0. The topological polar surface area (TPSA) is 77.3 Å². The molecule has 0 spiro atoms. The molecule has 6 rings (SSSR count). The van der Waals surface area contributed by atoms with Crippen LogP contribution in [0.1, 0.15) is 24.0 Å². The number of hydrogen-bond donors (Lipinski definition) is 0. The first-order chi connectivity index (χ1) is 17.2. The van der Waals surface area contributed by atoms with Crippen molar-refractivity contribution in [2.24, 2.45) is 5.92 Å². The van der Waals surface area contributed by atoms with Crippen LogP contribution >= 0.6 is 0 Å². The maximum absolute atomic E-state index is 13.5. The van der Waals surface area contributed by atoms with Gasteiger partial charge in [-0.05, 0) is 85.3 Å². The second kappa shape index (κ2) is 8.38. The first-order valence-electron chi connectivity index (χ1n) is 12.0. The van der Waals surface area contributed by atoms with E-state index in [1.165, 1.54) is 18.4 Å². The van der Waals surface area contributed by atoms with E-state index >= 15 is 0 Å². The summed E-state index contributed by atoms with van der Waals surface area (Å²) >= 11 is 0. The lowest BCUT2D eigenvalue weighted by Crippen LogP contribution is -2.36. The molecule has 2 aromatic heterocycles. The molecule has 0 radical (unpaired) electrons. The van der Waals surface area contributed by atoms with Crippen LogP contribution < -0.4 is 4.74 Å². The summed E-state index contributed by atoms with van der Waals surface area (Å²) in [5.41, 5.74) is 3.57. The van der Waals surface area contributed by atoms with E-state index < -0.39 is 10.0 Å². The highest BCUT2D eigenvalue weighted by Crippen LogP contribution is 2.53. The van der Waals surface area contributed by atoms with Crippen molar-refractivity contribution in [3.05, 3.63) is 84.1 Å². The van der Waals surface area contributed by atoms with Gasteiger partial charge in [-0.1, -0.05) is 0 Å². The zero-order valence-corrected chi connectivity index (χ0v) is 21.0. The van der Waals surface area contributed by atoms with Gasteiger partial charge in [-0.2, -0.15) is 5.10 Å². The third-order valence-electron chi connectivity index (χ3n) is 7.73. The number of nitrogens with zero attached hydrogens (tertiary/aromatic N) is 4. The molecule has 186 valence electrons. The summed E-state index contributed by atoms with van der Waals surface area (Å²) in [6, 6.07) is 14.3. The van der Waals surface area contributed by atoms with E-state index in [0.717, 1.165) is 46.3 Å². The van der Waals surface area contributed by atoms with Crippen molar-refractivity contribution in [3.63, 3.8) is 0 Å². The highest BCUT2D eigenvalue weighted by atomic mass is 32.2. The minimum absolute atomic E-state index is 0.0297. The standard InChI is InChI=1S/C27H27FN4O3S/c1-18-10-26-19(14-30-32(26)22-7-5-21(28)6-8-22)11-25(18)27-13-24(35-23-4-3-9-29-15-23)12-20(27)16-31(17-27)36(2,33)34/h3-11,14-15,20,24H,12-13,16-17H2,1-2H3. The normalized spacial score (nSPS) is 24.3. The maximum Gasteiger partial charge on any atom is 0.211 e. The van der Waals surface area contributed by atoms with E-state index in [-0.39, 0.29) is 23.3 Å². The number of sulfonamides is 1. The van der Waals surface area contributed by atoms with Crippen molar-refractivity contribution >= 4 is 20.9 Å². The average Bonchev–Trinajstić information content (AvgIpc) is 3.50. The van der Waals surface area contributed by atoms with Gasteiger partial charge >= 0.3 is 0 Å². The van der Waals surface area contributed by atoms with Gasteiger partial charge in [0.25, 0.3) is 0 Å². The molecule has 36 heavy (non-hydrogen) atoms. The fourth-order valence-corrected chi connectivity index (χ4v) is 7.05.